The van der Waals surface area contributed by atoms with Gasteiger partial charge in [0.2, 0.25) is 0 Å². The van der Waals surface area contributed by atoms with Crippen molar-refractivity contribution in [3.63, 3.8) is 0 Å². The van der Waals surface area contributed by atoms with Crippen LogP contribution >= 0.6 is 0 Å². The van der Waals surface area contributed by atoms with Crippen molar-refractivity contribution in [2.75, 3.05) is 37.7 Å². The molecule has 1 saturated heterocycles. The second kappa shape index (κ2) is 6.45. The van der Waals surface area contributed by atoms with Gasteiger partial charge in [0.25, 0.3) is 0 Å². The van der Waals surface area contributed by atoms with Gasteiger partial charge in [-0.1, -0.05) is 6.92 Å². The van der Waals surface area contributed by atoms with Crippen LogP contribution < -0.4 is 10.6 Å². The van der Waals surface area contributed by atoms with Gasteiger partial charge in [-0.05, 0) is 44.9 Å². The van der Waals surface area contributed by atoms with Gasteiger partial charge in [-0.2, -0.15) is 0 Å². The Balaban J connectivity index is 1.97. The predicted molar refractivity (Wildman–Crippen MR) is 62.8 cm³/mol. The molecule has 0 aliphatic carbocycles. The third-order valence-electron chi connectivity index (χ3n) is 2.72. The van der Waals surface area contributed by atoms with E-state index in [9.17, 15) is 8.42 Å². The molecule has 1 aliphatic heterocycles. The molecular weight excluding hydrogens is 212 g/mol. The Kier molecular flexibility index (Phi) is 5.56. The van der Waals surface area contributed by atoms with Crippen LogP contribution in [0.5, 0.6) is 0 Å². The Labute approximate surface area is 92.7 Å². The average molecular weight is 234 g/mol. The first-order valence-electron chi connectivity index (χ1n) is 5.76. The van der Waals surface area contributed by atoms with E-state index in [1.807, 2.05) is 0 Å². The molecule has 5 heteroatoms. The molecule has 1 rings (SSSR count). The van der Waals surface area contributed by atoms with E-state index in [1.54, 1.807) is 0 Å². The number of rotatable bonds is 7. The van der Waals surface area contributed by atoms with E-state index in [0.717, 1.165) is 39.0 Å². The van der Waals surface area contributed by atoms with Gasteiger partial charge in [-0.15, -0.1) is 0 Å². The molecular formula is C10H22N2O2S. The third kappa shape index (κ3) is 5.49. The molecule has 90 valence electrons. The molecule has 1 aliphatic rings. The number of nitrogens with one attached hydrogen (secondary N) is 2. The first-order chi connectivity index (χ1) is 7.14. The standard InChI is InChI=1S/C10H22N2O2S/c1-2-11-5-3-6-12-8-10-4-7-15(13,14)9-10/h10-12H,2-9H2,1H3. The fraction of sp³-hybridized carbons (Fsp3) is 1.00. The zero-order valence-electron chi connectivity index (χ0n) is 9.46. The molecule has 0 aromatic carbocycles. The normalized spacial score (nSPS) is 24.5. The van der Waals surface area contributed by atoms with Crippen molar-refractivity contribution in [2.45, 2.75) is 19.8 Å². The minimum atomic E-state index is -2.70. The average Bonchev–Trinajstić information content (AvgIpc) is 2.52. The summed E-state index contributed by atoms with van der Waals surface area (Å²) in [5.41, 5.74) is 0. The van der Waals surface area contributed by atoms with Gasteiger partial charge >= 0.3 is 0 Å². The van der Waals surface area contributed by atoms with E-state index in [0.29, 0.717) is 17.4 Å². The lowest BCUT2D eigenvalue weighted by atomic mass is 10.1. The second-order valence-electron chi connectivity index (χ2n) is 4.18. The summed E-state index contributed by atoms with van der Waals surface area (Å²) >= 11 is 0. The number of hydrogen-bond acceptors (Lipinski definition) is 4. The van der Waals surface area contributed by atoms with Crippen LogP contribution in [0.15, 0.2) is 0 Å². The Bertz CT molecular complexity index is 265. The van der Waals surface area contributed by atoms with E-state index in [1.165, 1.54) is 0 Å². The fourth-order valence-electron chi connectivity index (χ4n) is 1.85. The molecule has 0 bridgehead atoms. The second-order valence-corrected chi connectivity index (χ2v) is 6.41. The van der Waals surface area contributed by atoms with Crippen LogP contribution in [0.2, 0.25) is 0 Å². The Morgan fingerprint density at radius 1 is 1.27 bits per heavy atom. The fourth-order valence-corrected chi connectivity index (χ4v) is 3.72. The minimum absolute atomic E-state index is 0.342. The highest BCUT2D eigenvalue weighted by Crippen LogP contribution is 2.17. The van der Waals surface area contributed by atoms with E-state index in [-0.39, 0.29) is 0 Å². The van der Waals surface area contributed by atoms with Gasteiger partial charge < -0.3 is 10.6 Å². The smallest absolute Gasteiger partial charge is 0.150 e. The quantitative estimate of drug-likeness (QED) is 0.609. The Morgan fingerprint density at radius 3 is 2.60 bits per heavy atom. The van der Waals surface area contributed by atoms with Crippen LogP contribution in [0.3, 0.4) is 0 Å². The van der Waals surface area contributed by atoms with Crippen molar-refractivity contribution in [2.24, 2.45) is 5.92 Å². The molecule has 1 atom stereocenters. The Hall–Kier alpha value is -0.130. The van der Waals surface area contributed by atoms with Crippen LogP contribution in [0.1, 0.15) is 19.8 Å². The van der Waals surface area contributed by atoms with E-state index in [4.69, 9.17) is 0 Å². The molecule has 0 amide bonds. The van der Waals surface area contributed by atoms with Gasteiger partial charge in [0, 0.05) is 0 Å². The van der Waals surface area contributed by atoms with Crippen molar-refractivity contribution in [3.05, 3.63) is 0 Å². The zero-order valence-corrected chi connectivity index (χ0v) is 10.3. The molecule has 1 fully saturated rings. The highest BCUT2D eigenvalue weighted by atomic mass is 32.2. The summed E-state index contributed by atoms with van der Waals surface area (Å²) in [7, 11) is -2.70. The highest BCUT2D eigenvalue weighted by Gasteiger charge is 2.27. The largest absolute Gasteiger partial charge is 0.317 e. The van der Waals surface area contributed by atoms with Crippen molar-refractivity contribution in [1.29, 1.82) is 0 Å². The third-order valence-corrected chi connectivity index (χ3v) is 4.55. The van der Waals surface area contributed by atoms with Crippen LogP contribution in [0, 0.1) is 5.92 Å². The minimum Gasteiger partial charge on any atom is -0.317 e. The van der Waals surface area contributed by atoms with Gasteiger partial charge in [0.1, 0.15) is 0 Å². The number of sulfone groups is 1. The topological polar surface area (TPSA) is 58.2 Å². The molecule has 0 radical (unpaired) electrons. The summed E-state index contributed by atoms with van der Waals surface area (Å²) in [4.78, 5) is 0. The molecule has 1 heterocycles. The molecule has 4 nitrogen and oxygen atoms in total. The summed E-state index contributed by atoms with van der Waals surface area (Å²) in [6, 6.07) is 0. The highest BCUT2D eigenvalue weighted by molar-refractivity contribution is 7.91. The van der Waals surface area contributed by atoms with Gasteiger partial charge in [-0.3, -0.25) is 0 Å². The van der Waals surface area contributed by atoms with Crippen molar-refractivity contribution in [3.8, 4) is 0 Å². The number of hydrogen-bond donors (Lipinski definition) is 2. The monoisotopic (exact) mass is 234 g/mol. The lowest BCUT2D eigenvalue weighted by molar-refractivity contribution is 0.509. The molecule has 15 heavy (non-hydrogen) atoms. The van der Waals surface area contributed by atoms with Crippen LogP contribution in [-0.2, 0) is 9.84 Å². The lowest BCUT2D eigenvalue weighted by Crippen LogP contribution is -2.27. The summed E-state index contributed by atoms with van der Waals surface area (Å²) in [6.45, 7) is 5.97. The first kappa shape index (κ1) is 12.9. The molecule has 0 saturated carbocycles. The van der Waals surface area contributed by atoms with E-state index in [2.05, 4.69) is 17.6 Å². The molecule has 2 N–H and O–H groups in total. The Morgan fingerprint density at radius 2 is 2.00 bits per heavy atom. The van der Waals surface area contributed by atoms with Crippen LogP contribution in [0.4, 0.5) is 0 Å². The molecule has 0 aromatic rings. The van der Waals surface area contributed by atoms with Crippen molar-refractivity contribution in [1.82, 2.24) is 10.6 Å². The van der Waals surface area contributed by atoms with E-state index >= 15 is 0 Å². The van der Waals surface area contributed by atoms with Crippen molar-refractivity contribution >= 4 is 9.84 Å². The summed E-state index contributed by atoms with van der Waals surface area (Å²) in [6.07, 6.45) is 1.94. The zero-order chi connectivity index (χ0) is 11.1. The molecule has 1 unspecified atom stereocenters. The maximum absolute atomic E-state index is 11.2. The SMILES string of the molecule is CCNCCCNCC1CCS(=O)(=O)C1. The van der Waals surface area contributed by atoms with Gasteiger partial charge in [0.05, 0.1) is 11.5 Å². The van der Waals surface area contributed by atoms with Crippen LogP contribution in [-0.4, -0.2) is 46.1 Å². The summed E-state index contributed by atoms with van der Waals surface area (Å²) in [5.74, 6) is 1.11. The maximum Gasteiger partial charge on any atom is 0.150 e. The summed E-state index contributed by atoms with van der Waals surface area (Å²) in [5, 5.41) is 6.57. The predicted octanol–water partition coefficient (Wildman–Crippen LogP) is 0.0103. The van der Waals surface area contributed by atoms with E-state index < -0.39 is 9.84 Å². The van der Waals surface area contributed by atoms with Crippen LogP contribution in [0.25, 0.3) is 0 Å². The molecule has 0 aromatic heterocycles. The van der Waals surface area contributed by atoms with Gasteiger partial charge in [0.15, 0.2) is 9.84 Å². The van der Waals surface area contributed by atoms with Crippen molar-refractivity contribution < 1.29 is 8.42 Å². The first-order valence-corrected chi connectivity index (χ1v) is 7.58. The maximum atomic E-state index is 11.2. The lowest BCUT2D eigenvalue weighted by Gasteiger charge is -2.09. The molecule has 0 spiro atoms. The van der Waals surface area contributed by atoms with Gasteiger partial charge in [-0.25, -0.2) is 8.42 Å². The summed E-state index contributed by atoms with van der Waals surface area (Å²) < 4.78 is 22.4.